The summed E-state index contributed by atoms with van der Waals surface area (Å²) in [5.74, 6) is -0.226. The Morgan fingerprint density at radius 3 is 2.75 bits per heavy atom. The highest BCUT2D eigenvalue weighted by Gasteiger charge is 2.44. The van der Waals surface area contributed by atoms with Crippen molar-refractivity contribution >= 4 is 11.9 Å². The van der Waals surface area contributed by atoms with Gasteiger partial charge >= 0.3 is 5.97 Å². The quantitative estimate of drug-likeness (QED) is 0.767. The first-order valence-electron chi connectivity index (χ1n) is 7.31. The van der Waals surface area contributed by atoms with Gasteiger partial charge in [-0.25, -0.2) is 4.79 Å². The standard InChI is InChI=1S/C14H24N2O4/c1-3-10-4-5-15-11(6-10)13(19)16-8-14(2,9-16)20-7-12(17)18/h10-11,15H,3-9H2,1-2H3,(H,17,18). The monoisotopic (exact) mass is 284 g/mol. The second-order valence-corrected chi connectivity index (χ2v) is 6.13. The maximum atomic E-state index is 12.4. The second kappa shape index (κ2) is 6.10. The van der Waals surface area contributed by atoms with Crippen LogP contribution in [0.3, 0.4) is 0 Å². The molecule has 0 aliphatic carbocycles. The molecule has 0 bridgehead atoms. The van der Waals surface area contributed by atoms with Crippen molar-refractivity contribution in [2.75, 3.05) is 26.2 Å². The Balaban J connectivity index is 1.79. The van der Waals surface area contributed by atoms with E-state index < -0.39 is 11.6 Å². The molecule has 1 amide bonds. The summed E-state index contributed by atoms with van der Waals surface area (Å²) in [5.41, 5.74) is -0.507. The highest BCUT2D eigenvalue weighted by Crippen LogP contribution is 2.27. The molecule has 0 saturated carbocycles. The molecule has 0 aromatic carbocycles. The molecule has 20 heavy (non-hydrogen) atoms. The molecule has 2 atom stereocenters. The average Bonchev–Trinajstić information content (AvgIpc) is 2.41. The summed E-state index contributed by atoms with van der Waals surface area (Å²) in [7, 11) is 0. The van der Waals surface area contributed by atoms with Gasteiger partial charge in [-0.05, 0) is 32.2 Å². The average molecular weight is 284 g/mol. The first kappa shape index (κ1) is 15.3. The molecule has 0 spiro atoms. The smallest absolute Gasteiger partial charge is 0.329 e. The number of carbonyl (C=O) groups is 2. The number of rotatable bonds is 5. The lowest BCUT2D eigenvalue weighted by molar-refractivity contribution is -0.175. The maximum absolute atomic E-state index is 12.4. The summed E-state index contributed by atoms with van der Waals surface area (Å²) in [6.07, 6.45) is 3.16. The second-order valence-electron chi connectivity index (χ2n) is 6.13. The normalized spacial score (nSPS) is 28.8. The first-order valence-corrected chi connectivity index (χ1v) is 7.31. The van der Waals surface area contributed by atoms with Crippen molar-refractivity contribution in [3.8, 4) is 0 Å². The van der Waals surface area contributed by atoms with Crippen molar-refractivity contribution in [3.63, 3.8) is 0 Å². The molecule has 2 unspecified atom stereocenters. The van der Waals surface area contributed by atoms with Crippen LogP contribution in [-0.4, -0.2) is 59.8 Å². The van der Waals surface area contributed by atoms with E-state index in [0.717, 1.165) is 25.8 Å². The molecule has 2 N–H and O–H groups in total. The number of likely N-dealkylation sites (tertiary alicyclic amines) is 1. The lowest BCUT2D eigenvalue weighted by atomic mass is 9.88. The zero-order chi connectivity index (χ0) is 14.8. The Kier molecular flexibility index (Phi) is 4.65. The fourth-order valence-corrected chi connectivity index (χ4v) is 3.02. The minimum absolute atomic E-state index is 0.0854. The number of hydrogen-bond acceptors (Lipinski definition) is 4. The molecule has 6 nitrogen and oxygen atoms in total. The minimum atomic E-state index is -0.976. The number of nitrogens with one attached hydrogen (secondary N) is 1. The summed E-state index contributed by atoms with van der Waals surface area (Å²) >= 11 is 0. The number of aliphatic carboxylic acids is 1. The fraction of sp³-hybridized carbons (Fsp3) is 0.857. The molecule has 0 radical (unpaired) electrons. The van der Waals surface area contributed by atoms with Crippen LogP contribution in [0.2, 0.25) is 0 Å². The van der Waals surface area contributed by atoms with Crippen molar-refractivity contribution in [2.24, 2.45) is 5.92 Å². The van der Waals surface area contributed by atoms with Gasteiger partial charge in [-0.1, -0.05) is 13.3 Å². The molecule has 0 aromatic heterocycles. The SMILES string of the molecule is CCC1CCNC(C(=O)N2CC(C)(OCC(=O)O)C2)C1. The van der Waals surface area contributed by atoms with Crippen LogP contribution in [0.25, 0.3) is 0 Å². The number of piperidine rings is 1. The highest BCUT2D eigenvalue weighted by molar-refractivity contribution is 5.83. The zero-order valence-electron chi connectivity index (χ0n) is 12.2. The summed E-state index contributed by atoms with van der Waals surface area (Å²) < 4.78 is 5.32. The largest absolute Gasteiger partial charge is 0.480 e. The van der Waals surface area contributed by atoms with Gasteiger partial charge in [0.25, 0.3) is 0 Å². The van der Waals surface area contributed by atoms with E-state index in [1.807, 2.05) is 6.92 Å². The minimum Gasteiger partial charge on any atom is -0.480 e. The van der Waals surface area contributed by atoms with Gasteiger partial charge in [-0.3, -0.25) is 4.79 Å². The molecule has 114 valence electrons. The predicted molar refractivity (Wildman–Crippen MR) is 73.4 cm³/mol. The molecule has 6 heteroatoms. The molecule has 2 heterocycles. The number of carbonyl (C=O) groups excluding carboxylic acids is 1. The van der Waals surface area contributed by atoms with E-state index >= 15 is 0 Å². The van der Waals surface area contributed by atoms with E-state index in [0.29, 0.717) is 19.0 Å². The topological polar surface area (TPSA) is 78.9 Å². The maximum Gasteiger partial charge on any atom is 0.329 e. The molecule has 2 aliphatic heterocycles. The number of amides is 1. The summed E-state index contributed by atoms with van der Waals surface area (Å²) in [6, 6.07) is -0.0854. The molecular formula is C14H24N2O4. The van der Waals surface area contributed by atoms with Gasteiger partial charge in [0.2, 0.25) is 5.91 Å². The fourth-order valence-electron chi connectivity index (χ4n) is 3.02. The number of hydrogen-bond donors (Lipinski definition) is 2. The Morgan fingerprint density at radius 2 is 2.15 bits per heavy atom. The molecule has 0 aromatic rings. The van der Waals surface area contributed by atoms with Crippen LogP contribution in [-0.2, 0) is 14.3 Å². The number of carboxylic acids is 1. The van der Waals surface area contributed by atoms with E-state index in [9.17, 15) is 9.59 Å². The predicted octanol–water partition coefficient (Wildman–Crippen LogP) is 0.467. The van der Waals surface area contributed by atoms with Gasteiger partial charge in [0, 0.05) is 0 Å². The molecule has 2 rings (SSSR count). The van der Waals surface area contributed by atoms with Gasteiger partial charge in [-0.2, -0.15) is 0 Å². The molecule has 2 aliphatic rings. The summed E-state index contributed by atoms with van der Waals surface area (Å²) in [5, 5.41) is 11.9. The lowest BCUT2D eigenvalue weighted by Crippen LogP contribution is -2.66. The van der Waals surface area contributed by atoms with Crippen LogP contribution in [0.1, 0.15) is 33.1 Å². The molecule has 2 saturated heterocycles. The van der Waals surface area contributed by atoms with E-state index in [1.165, 1.54) is 0 Å². The lowest BCUT2D eigenvalue weighted by Gasteiger charge is -2.48. The van der Waals surface area contributed by atoms with E-state index in [2.05, 4.69) is 12.2 Å². The molecule has 2 fully saturated rings. The van der Waals surface area contributed by atoms with E-state index in [4.69, 9.17) is 9.84 Å². The Morgan fingerprint density at radius 1 is 1.45 bits per heavy atom. The first-order chi connectivity index (χ1) is 9.43. The van der Waals surface area contributed by atoms with Gasteiger partial charge in [-0.15, -0.1) is 0 Å². The van der Waals surface area contributed by atoms with Crippen LogP contribution in [0.5, 0.6) is 0 Å². The van der Waals surface area contributed by atoms with Crippen molar-refractivity contribution in [3.05, 3.63) is 0 Å². The van der Waals surface area contributed by atoms with Crippen molar-refractivity contribution in [1.29, 1.82) is 0 Å². The zero-order valence-corrected chi connectivity index (χ0v) is 12.2. The van der Waals surface area contributed by atoms with Crippen molar-refractivity contribution < 1.29 is 19.4 Å². The molecular weight excluding hydrogens is 260 g/mol. The summed E-state index contributed by atoms with van der Waals surface area (Å²) in [6.45, 7) is 5.57. The van der Waals surface area contributed by atoms with Crippen molar-refractivity contribution in [1.82, 2.24) is 10.2 Å². The highest BCUT2D eigenvalue weighted by atomic mass is 16.5. The number of ether oxygens (including phenoxy) is 1. The van der Waals surface area contributed by atoms with Crippen LogP contribution in [0, 0.1) is 5.92 Å². The van der Waals surface area contributed by atoms with Crippen molar-refractivity contribution in [2.45, 2.75) is 44.8 Å². The van der Waals surface area contributed by atoms with Crippen LogP contribution in [0.4, 0.5) is 0 Å². The van der Waals surface area contributed by atoms with Crippen LogP contribution < -0.4 is 5.32 Å². The van der Waals surface area contributed by atoms with Gasteiger partial charge in [0.1, 0.15) is 12.2 Å². The van der Waals surface area contributed by atoms with Gasteiger partial charge in [0.15, 0.2) is 0 Å². The Labute approximate surface area is 119 Å². The third kappa shape index (κ3) is 3.49. The van der Waals surface area contributed by atoms with Gasteiger partial charge in [0.05, 0.1) is 19.1 Å². The third-order valence-electron chi connectivity index (χ3n) is 4.29. The van der Waals surface area contributed by atoms with E-state index in [-0.39, 0.29) is 18.6 Å². The number of carboxylic acid groups (broad SMARTS) is 1. The van der Waals surface area contributed by atoms with Crippen LogP contribution >= 0.6 is 0 Å². The van der Waals surface area contributed by atoms with Gasteiger partial charge < -0.3 is 20.1 Å². The van der Waals surface area contributed by atoms with E-state index in [1.54, 1.807) is 4.90 Å². The number of nitrogens with zero attached hydrogens (tertiary/aromatic N) is 1. The third-order valence-corrected chi connectivity index (χ3v) is 4.29. The Bertz CT molecular complexity index is 379. The summed E-state index contributed by atoms with van der Waals surface area (Å²) in [4.78, 5) is 24.6. The van der Waals surface area contributed by atoms with Crippen LogP contribution in [0.15, 0.2) is 0 Å². The Hall–Kier alpha value is -1.14.